The predicted molar refractivity (Wildman–Crippen MR) is 96.2 cm³/mol. The number of piperazine rings is 1. The maximum Gasteiger partial charge on any atom is 0.275 e. The van der Waals surface area contributed by atoms with Crippen LogP contribution in [0.1, 0.15) is 37.8 Å². The van der Waals surface area contributed by atoms with Crippen molar-refractivity contribution in [2.75, 3.05) is 37.6 Å². The number of nitrogens with one attached hydrogen (secondary N) is 2. The van der Waals surface area contributed by atoms with Crippen LogP contribution < -0.4 is 15.1 Å². The molecule has 1 fully saturated rings. The van der Waals surface area contributed by atoms with Crippen molar-refractivity contribution in [2.24, 2.45) is 0 Å². The van der Waals surface area contributed by atoms with Crippen LogP contribution in [0.4, 0.5) is 5.69 Å². The summed E-state index contributed by atoms with van der Waals surface area (Å²) in [5, 5.41) is 3.15. The first-order valence-electron chi connectivity index (χ1n) is 8.99. The average molecular weight is 318 g/mol. The predicted octanol–water partition coefficient (Wildman–Crippen LogP) is 1.31. The highest BCUT2D eigenvalue weighted by Gasteiger charge is 2.23. The van der Waals surface area contributed by atoms with Gasteiger partial charge in [-0.05, 0) is 43.9 Å². The minimum atomic E-state index is 0.203. The van der Waals surface area contributed by atoms with Crippen molar-refractivity contribution < 1.29 is 9.69 Å². The minimum Gasteiger partial charge on any atom is -0.360 e. The molecule has 1 aliphatic rings. The largest absolute Gasteiger partial charge is 0.360 e. The van der Waals surface area contributed by atoms with E-state index in [0.29, 0.717) is 12.6 Å². The molecule has 0 unspecified atom stereocenters. The monoisotopic (exact) mass is 318 g/mol. The van der Waals surface area contributed by atoms with E-state index in [4.69, 9.17) is 0 Å². The Morgan fingerprint density at radius 1 is 1.22 bits per heavy atom. The Balaban J connectivity index is 1.84. The van der Waals surface area contributed by atoms with Crippen molar-refractivity contribution >= 4 is 11.6 Å². The van der Waals surface area contributed by atoms with Crippen LogP contribution in [0.2, 0.25) is 0 Å². The third kappa shape index (κ3) is 4.71. The SMILES string of the molecule is CCC(CC)NC(=O)C[NH+]1CCN(c2cccc(C)c2C)CC1. The molecule has 1 aromatic rings. The molecule has 1 amide bonds. The number of carbonyl (C=O) groups excluding carboxylic acids is 1. The molecule has 0 radical (unpaired) electrons. The molecule has 1 saturated heterocycles. The maximum absolute atomic E-state index is 12.1. The molecule has 0 aliphatic carbocycles. The van der Waals surface area contributed by atoms with Crippen LogP contribution in [0.3, 0.4) is 0 Å². The lowest BCUT2D eigenvalue weighted by Gasteiger charge is -2.34. The number of hydrogen-bond donors (Lipinski definition) is 2. The first kappa shape index (κ1) is 17.8. The Kier molecular flexibility index (Phi) is 6.46. The second-order valence-electron chi connectivity index (χ2n) is 6.71. The number of rotatable bonds is 6. The van der Waals surface area contributed by atoms with Crippen LogP contribution >= 0.6 is 0 Å². The van der Waals surface area contributed by atoms with E-state index in [9.17, 15) is 4.79 Å². The number of benzene rings is 1. The van der Waals surface area contributed by atoms with Crippen molar-refractivity contribution in [1.82, 2.24) is 5.32 Å². The number of anilines is 1. The molecule has 0 spiro atoms. The summed E-state index contributed by atoms with van der Waals surface area (Å²) in [6.07, 6.45) is 2.02. The summed E-state index contributed by atoms with van der Waals surface area (Å²) in [5.74, 6) is 0.203. The summed E-state index contributed by atoms with van der Waals surface area (Å²) in [5.41, 5.74) is 4.08. The molecular weight excluding hydrogens is 286 g/mol. The van der Waals surface area contributed by atoms with Crippen molar-refractivity contribution in [3.8, 4) is 0 Å². The lowest BCUT2D eigenvalue weighted by molar-refractivity contribution is -0.892. The van der Waals surface area contributed by atoms with E-state index in [-0.39, 0.29) is 5.91 Å². The molecule has 4 heteroatoms. The van der Waals surface area contributed by atoms with Crippen LogP contribution in [-0.2, 0) is 4.79 Å². The molecule has 2 rings (SSSR count). The molecule has 23 heavy (non-hydrogen) atoms. The van der Waals surface area contributed by atoms with Gasteiger partial charge in [0.15, 0.2) is 6.54 Å². The van der Waals surface area contributed by atoms with Gasteiger partial charge >= 0.3 is 0 Å². The summed E-state index contributed by atoms with van der Waals surface area (Å²) in [7, 11) is 0. The normalized spacial score (nSPS) is 16.0. The van der Waals surface area contributed by atoms with E-state index >= 15 is 0 Å². The fourth-order valence-corrected chi connectivity index (χ4v) is 3.32. The second-order valence-corrected chi connectivity index (χ2v) is 6.71. The Morgan fingerprint density at radius 2 is 1.87 bits per heavy atom. The molecule has 0 atom stereocenters. The minimum absolute atomic E-state index is 0.203. The van der Waals surface area contributed by atoms with Gasteiger partial charge in [-0.25, -0.2) is 0 Å². The molecule has 128 valence electrons. The van der Waals surface area contributed by atoms with Gasteiger partial charge in [0.2, 0.25) is 0 Å². The summed E-state index contributed by atoms with van der Waals surface area (Å²) in [6.45, 7) is 13.4. The lowest BCUT2D eigenvalue weighted by Crippen LogP contribution is -3.16. The topological polar surface area (TPSA) is 36.8 Å². The van der Waals surface area contributed by atoms with Crippen LogP contribution in [0.25, 0.3) is 0 Å². The quantitative estimate of drug-likeness (QED) is 0.830. The van der Waals surface area contributed by atoms with E-state index in [2.05, 4.69) is 56.1 Å². The van der Waals surface area contributed by atoms with Gasteiger partial charge in [-0.3, -0.25) is 4.79 Å². The number of nitrogens with zero attached hydrogens (tertiary/aromatic N) is 1. The molecule has 1 aliphatic heterocycles. The second kappa shape index (κ2) is 8.34. The zero-order valence-electron chi connectivity index (χ0n) is 15.1. The van der Waals surface area contributed by atoms with Crippen LogP contribution in [-0.4, -0.2) is 44.7 Å². The van der Waals surface area contributed by atoms with Crippen molar-refractivity contribution in [2.45, 2.75) is 46.6 Å². The molecule has 0 saturated carbocycles. The van der Waals surface area contributed by atoms with E-state index in [1.807, 2.05) is 0 Å². The van der Waals surface area contributed by atoms with Gasteiger partial charge in [0.05, 0.1) is 26.2 Å². The van der Waals surface area contributed by atoms with E-state index in [1.165, 1.54) is 21.7 Å². The first-order valence-corrected chi connectivity index (χ1v) is 8.99. The highest BCUT2D eigenvalue weighted by Crippen LogP contribution is 2.22. The number of carbonyl (C=O) groups is 1. The Labute approximate surface area is 140 Å². The number of quaternary nitrogens is 1. The van der Waals surface area contributed by atoms with Gasteiger partial charge in [0, 0.05) is 11.7 Å². The summed E-state index contributed by atoms with van der Waals surface area (Å²) < 4.78 is 0. The van der Waals surface area contributed by atoms with E-state index in [1.54, 1.807) is 0 Å². The maximum atomic E-state index is 12.1. The van der Waals surface area contributed by atoms with Crippen LogP contribution in [0.5, 0.6) is 0 Å². The number of aryl methyl sites for hydroxylation is 1. The summed E-state index contributed by atoms with van der Waals surface area (Å²) in [6, 6.07) is 6.86. The third-order valence-electron chi connectivity index (χ3n) is 5.15. The fourth-order valence-electron chi connectivity index (χ4n) is 3.32. The van der Waals surface area contributed by atoms with Crippen molar-refractivity contribution in [1.29, 1.82) is 0 Å². The van der Waals surface area contributed by atoms with Crippen LogP contribution in [0, 0.1) is 13.8 Å². The Morgan fingerprint density at radius 3 is 2.48 bits per heavy atom. The van der Waals surface area contributed by atoms with E-state index < -0.39 is 0 Å². The third-order valence-corrected chi connectivity index (χ3v) is 5.15. The first-order chi connectivity index (χ1) is 11.0. The van der Waals surface area contributed by atoms with Crippen LogP contribution in [0.15, 0.2) is 18.2 Å². The molecule has 1 heterocycles. The standard InChI is InChI=1S/C19H31N3O/c1-5-17(6-2)20-19(23)14-21-10-12-22(13-11-21)18-9-7-8-15(3)16(18)4/h7-9,17H,5-6,10-14H2,1-4H3,(H,20,23)/p+1. The summed E-state index contributed by atoms with van der Waals surface area (Å²) >= 11 is 0. The molecular formula is C19H32N3O+. The van der Waals surface area contributed by atoms with Gasteiger partial charge in [-0.15, -0.1) is 0 Å². The smallest absolute Gasteiger partial charge is 0.275 e. The van der Waals surface area contributed by atoms with Crippen molar-refractivity contribution in [3.05, 3.63) is 29.3 Å². The van der Waals surface area contributed by atoms with Gasteiger partial charge in [-0.1, -0.05) is 26.0 Å². The average Bonchev–Trinajstić information content (AvgIpc) is 2.56. The van der Waals surface area contributed by atoms with Gasteiger partial charge in [-0.2, -0.15) is 0 Å². The fraction of sp³-hybridized carbons (Fsp3) is 0.632. The van der Waals surface area contributed by atoms with Crippen molar-refractivity contribution in [3.63, 3.8) is 0 Å². The molecule has 4 nitrogen and oxygen atoms in total. The zero-order valence-corrected chi connectivity index (χ0v) is 15.1. The molecule has 2 N–H and O–H groups in total. The molecule has 1 aromatic carbocycles. The van der Waals surface area contributed by atoms with Gasteiger partial charge < -0.3 is 15.1 Å². The van der Waals surface area contributed by atoms with Gasteiger partial charge in [0.1, 0.15) is 0 Å². The highest BCUT2D eigenvalue weighted by molar-refractivity contribution is 5.77. The summed E-state index contributed by atoms with van der Waals surface area (Å²) in [4.78, 5) is 16.0. The van der Waals surface area contributed by atoms with E-state index in [0.717, 1.165) is 39.0 Å². The number of amides is 1. The highest BCUT2D eigenvalue weighted by atomic mass is 16.2. The molecule has 0 aromatic heterocycles. The van der Waals surface area contributed by atoms with Gasteiger partial charge in [0.25, 0.3) is 5.91 Å². The number of hydrogen-bond acceptors (Lipinski definition) is 2. The Hall–Kier alpha value is -1.55. The Bertz CT molecular complexity index is 517. The lowest BCUT2D eigenvalue weighted by atomic mass is 10.1. The molecule has 0 bridgehead atoms. The zero-order chi connectivity index (χ0) is 16.8.